The van der Waals surface area contributed by atoms with E-state index in [2.05, 4.69) is 199 Å². The number of nitrogens with zero attached hydrogens (tertiary/aromatic N) is 1. The highest BCUT2D eigenvalue weighted by molar-refractivity contribution is 7.25. The van der Waals surface area contributed by atoms with Crippen molar-refractivity contribution < 1.29 is 0 Å². The number of rotatable bonds is 7. The zero-order valence-electron chi connectivity index (χ0n) is 32.4. The van der Waals surface area contributed by atoms with Crippen molar-refractivity contribution in [1.82, 2.24) is 0 Å². The van der Waals surface area contributed by atoms with Crippen LogP contribution >= 0.6 is 11.3 Å². The average Bonchev–Trinajstić information content (AvgIpc) is 3.69. The lowest BCUT2D eigenvalue weighted by Crippen LogP contribution is -2.11. The second-order valence-electron chi connectivity index (χ2n) is 15.8. The van der Waals surface area contributed by atoms with Crippen LogP contribution < -0.4 is 4.90 Å². The third-order valence-electron chi connectivity index (χ3n) is 12.5. The standard InChI is InChI=1S/C56H43NS/c1-2-15-39(16-3-1)47-27-12-19-41-20-13-29-50(55(41)47)49-24-6-8-30-52(49)57(43-35-33-40(34-36-43)46-26-11-18-38-17-4-5-23-45(38)46)44-22-10-21-42(37-44)48-28-14-32-54-56(48)51-25-7-9-31-53(51)58-54/h4-14,17-37,39H,1-3,15-16H2. The van der Waals surface area contributed by atoms with Crippen molar-refractivity contribution in [2.24, 2.45) is 0 Å². The molecule has 0 unspecified atom stereocenters. The van der Waals surface area contributed by atoms with E-state index in [1.807, 2.05) is 11.3 Å². The maximum absolute atomic E-state index is 2.49. The van der Waals surface area contributed by atoms with Gasteiger partial charge in [-0.2, -0.15) is 0 Å². The van der Waals surface area contributed by atoms with Gasteiger partial charge in [-0.15, -0.1) is 11.3 Å². The summed E-state index contributed by atoms with van der Waals surface area (Å²) in [6.07, 6.45) is 6.51. The summed E-state index contributed by atoms with van der Waals surface area (Å²) in [5, 5.41) is 7.90. The van der Waals surface area contributed by atoms with Crippen molar-refractivity contribution in [3.63, 3.8) is 0 Å². The Morgan fingerprint density at radius 3 is 1.91 bits per heavy atom. The number of thiophene rings is 1. The molecule has 1 saturated carbocycles. The summed E-state index contributed by atoms with van der Waals surface area (Å²) in [5.41, 5.74) is 12.4. The van der Waals surface area contributed by atoms with Crippen molar-refractivity contribution >= 4 is 70.1 Å². The quantitative estimate of drug-likeness (QED) is 0.156. The molecule has 0 bridgehead atoms. The van der Waals surface area contributed by atoms with Gasteiger partial charge in [-0.1, -0.05) is 171 Å². The van der Waals surface area contributed by atoms with Gasteiger partial charge < -0.3 is 4.90 Å². The highest BCUT2D eigenvalue weighted by Crippen LogP contribution is 2.47. The minimum Gasteiger partial charge on any atom is -0.310 e. The van der Waals surface area contributed by atoms with Crippen molar-refractivity contribution in [3.05, 3.63) is 200 Å². The van der Waals surface area contributed by atoms with Crippen LogP contribution in [0.25, 0.3) is 75.1 Å². The van der Waals surface area contributed by atoms with Crippen LogP contribution in [0.5, 0.6) is 0 Å². The Labute approximate surface area is 344 Å². The van der Waals surface area contributed by atoms with Crippen LogP contribution in [0.1, 0.15) is 43.6 Å². The van der Waals surface area contributed by atoms with E-state index in [9.17, 15) is 0 Å². The molecule has 11 rings (SSSR count). The molecule has 0 amide bonds. The SMILES string of the molecule is c1cc(-c2cccc3sc4ccccc4c23)cc(N(c2ccc(-c3cccc4ccccc34)cc2)c2ccccc2-c2cccc3cccc(C4CCCCC4)c23)c1. The van der Waals surface area contributed by atoms with Crippen LogP contribution in [0, 0.1) is 0 Å². The number of fused-ring (bicyclic) bond motifs is 5. The molecule has 1 aromatic heterocycles. The van der Waals surface area contributed by atoms with Gasteiger partial charge in [0, 0.05) is 37.1 Å². The first kappa shape index (κ1) is 34.7. The highest BCUT2D eigenvalue weighted by Gasteiger charge is 2.23. The van der Waals surface area contributed by atoms with Gasteiger partial charge in [0.15, 0.2) is 0 Å². The van der Waals surface area contributed by atoms with Crippen LogP contribution in [0.2, 0.25) is 0 Å². The Kier molecular flexibility index (Phi) is 8.86. The minimum atomic E-state index is 0.594. The monoisotopic (exact) mass is 761 g/mol. The molecule has 0 spiro atoms. The van der Waals surface area contributed by atoms with Crippen LogP contribution in [-0.4, -0.2) is 0 Å². The molecular formula is C56H43NS. The van der Waals surface area contributed by atoms with Gasteiger partial charge in [0.1, 0.15) is 0 Å². The molecule has 1 heterocycles. The predicted octanol–water partition coefficient (Wildman–Crippen LogP) is 16.9. The molecule has 58 heavy (non-hydrogen) atoms. The van der Waals surface area contributed by atoms with E-state index in [4.69, 9.17) is 0 Å². The first-order chi connectivity index (χ1) is 28.8. The van der Waals surface area contributed by atoms with Crippen LogP contribution in [0.4, 0.5) is 17.1 Å². The number of hydrogen-bond acceptors (Lipinski definition) is 2. The lowest BCUT2D eigenvalue weighted by atomic mass is 9.80. The molecular weight excluding hydrogens is 719 g/mol. The van der Waals surface area contributed by atoms with Crippen molar-refractivity contribution in [2.45, 2.75) is 38.0 Å². The zero-order valence-corrected chi connectivity index (χ0v) is 33.3. The first-order valence-electron chi connectivity index (χ1n) is 20.8. The Bertz CT molecular complexity index is 3100. The molecule has 10 aromatic rings. The number of hydrogen-bond donors (Lipinski definition) is 0. The maximum atomic E-state index is 2.49. The Balaban J connectivity index is 1.11. The molecule has 0 atom stereocenters. The zero-order chi connectivity index (χ0) is 38.4. The highest BCUT2D eigenvalue weighted by atomic mass is 32.1. The Morgan fingerprint density at radius 2 is 1.03 bits per heavy atom. The Hall–Kier alpha value is -6.48. The topological polar surface area (TPSA) is 3.24 Å². The number of benzene rings is 9. The summed E-state index contributed by atoms with van der Waals surface area (Å²) in [5.74, 6) is 0.594. The molecule has 2 heteroatoms. The lowest BCUT2D eigenvalue weighted by molar-refractivity contribution is 0.445. The molecule has 278 valence electrons. The summed E-state index contributed by atoms with van der Waals surface area (Å²) in [6.45, 7) is 0. The summed E-state index contributed by atoms with van der Waals surface area (Å²) < 4.78 is 2.64. The smallest absolute Gasteiger partial charge is 0.0540 e. The van der Waals surface area contributed by atoms with E-state index < -0.39 is 0 Å². The van der Waals surface area contributed by atoms with Gasteiger partial charge in [0.2, 0.25) is 0 Å². The minimum absolute atomic E-state index is 0.594. The molecule has 1 nitrogen and oxygen atoms in total. The molecule has 0 saturated heterocycles. The van der Waals surface area contributed by atoms with Gasteiger partial charge in [0.25, 0.3) is 0 Å². The van der Waals surface area contributed by atoms with Gasteiger partial charge in [-0.25, -0.2) is 0 Å². The van der Waals surface area contributed by atoms with Gasteiger partial charge in [-0.3, -0.25) is 0 Å². The van der Waals surface area contributed by atoms with E-state index in [0.717, 1.165) is 11.4 Å². The van der Waals surface area contributed by atoms with Gasteiger partial charge in [0.05, 0.1) is 5.69 Å². The lowest BCUT2D eigenvalue weighted by Gasteiger charge is -2.29. The van der Waals surface area contributed by atoms with Gasteiger partial charge >= 0.3 is 0 Å². The Morgan fingerprint density at radius 1 is 0.397 bits per heavy atom. The van der Waals surface area contributed by atoms with E-state index in [-0.39, 0.29) is 0 Å². The van der Waals surface area contributed by atoms with E-state index in [0.29, 0.717) is 5.92 Å². The molecule has 0 N–H and O–H groups in total. The van der Waals surface area contributed by atoms with Crippen LogP contribution in [0.15, 0.2) is 194 Å². The van der Waals surface area contributed by atoms with Crippen molar-refractivity contribution in [2.75, 3.05) is 4.90 Å². The largest absolute Gasteiger partial charge is 0.310 e. The third-order valence-corrected chi connectivity index (χ3v) is 13.6. The van der Waals surface area contributed by atoms with Crippen LogP contribution in [0.3, 0.4) is 0 Å². The van der Waals surface area contributed by atoms with Crippen LogP contribution in [-0.2, 0) is 0 Å². The first-order valence-corrected chi connectivity index (χ1v) is 21.6. The summed E-state index contributed by atoms with van der Waals surface area (Å²) >= 11 is 1.88. The van der Waals surface area contributed by atoms with Gasteiger partial charge in [-0.05, 0) is 116 Å². The fourth-order valence-electron chi connectivity index (χ4n) is 9.77. The number of para-hydroxylation sites is 1. The van der Waals surface area contributed by atoms with E-state index in [1.165, 1.54) is 118 Å². The predicted molar refractivity (Wildman–Crippen MR) is 251 cm³/mol. The summed E-state index contributed by atoms with van der Waals surface area (Å²) in [4.78, 5) is 2.49. The summed E-state index contributed by atoms with van der Waals surface area (Å²) in [6, 6.07) is 72.2. The van der Waals surface area contributed by atoms with Crippen molar-refractivity contribution in [1.29, 1.82) is 0 Å². The fourth-order valence-corrected chi connectivity index (χ4v) is 10.9. The summed E-state index contributed by atoms with van der Waals surface area (Å²) in [7, 11) is 0. The van der Waals surface area contributed by atoms with E-state index in [1.54, 1.807) is 0 Å². The molecule has 9 aromatic carbocycles. The molecule has 0 aliphatic heterocycles. The maximum Gasteiger partial charge on any atom is 0.0540 e. The number of anilines is 3. The second kappa shape index (κ2) is 14.8. The normalized spacial score (nSPS) is 13.4. The molecule has 1 fully saturated rings. The van der Waals surface area contributed by atoms with E-state index >= 15 is 0 Å². The van der Waals surface area contributed by atoms with Crippen molar-refractivity contribution in [3.8, 4) is 33.4 Å². The fraction of sp³-hybridized carbons (Fsp3) is 0.107. The second-order valence-corrected chi connectivity index (χ2v) is 16.9. The molecule has 1 aliphatic carbocycles. The molecule has 0 radical (unpaired) electrons. The third kappa shape index (κ3) is 6.08. The molecule has 1 aliphatic rings. The average molecular weight is 762 g/mol.